The molecule has 0 saturated heterocycles. The van der Waals surface area contributed by atoms with Crippen LogP contribution >= 0.6 is 12.4 Å². The fraction of sp³-hybridized carbons (Fsp3) is 0.692. The zero-order valence-electron chi connectivity index (χ0n) is 22.0. The zero-order valence-corrected chi connectivity index (χ0v) is 22.8. The molecule has 34 heavy (non-hydrogen) atoms. The molecule has 196 valence electrons. The molecule has 5 N–H and O–H groups in total. The number of aliphatic hydroxyl groups excluding tert-OH is 1. The highest BCUT2D eigenvalue weighted by Crippen LogP contribution is 2.13. The average molecular weight is 499 g/mol. The fourth-order valence-corrected chi connectivity index (χ4v) is 3.39. The summed E-state index contributed by atoms with van der Waals surface area (Å²) in [6.45, 7) is 14.6. The summed E-state index contributed by atoms with van der Waals surface area (Å²) in [4.78, 5) is 27.4. The molecule has 0 spiro atoms. The number of halogens is 1. The Bertz CT molecular complexity index is 725. The van der Waals surface area contributed by atoms with E-state index in [2.05, 4.69) is 24.5 Å². The number of amides is 3. The number of nitrogens with one attached hydrogen (secondary N) is 2. The van der Waals surface area contributed by atoms with Crippen LogP contribution in [0.2, 0.25) is 0 Å². The Balaban J connectivity index is 0.0000109. The van der Waals surface area contributed by atoms with Crippen molar-refractivity contribution in [3.63, 3.8) is 0 Å². The summed E-state index contributed by atoms with van der Waals surface area (Å²) in [6, 6.07) is 8.27. The van der Waals surface area contributed by atoms with Gasteiger partial charge in [-0.3, -0.25) is 4.79 Å². The summed E-state index contributed by atoms with van der Waals surface area (Å²) in [5.41, 5.74) is 6.75. The predicted molar refractivity (Wildman–Crippen MR) is 142 cm³/mol. The van der Waals surface area contributed by atoms with Crippen molar-refractivity contribution in [2.45, 2.75) is 91.5 Å². The molecule has 0 aliphatic rings. The first-order valence-electron chi connectivity index (χ1n) is 12.2. The van der Waals surface area contributed by atoms with E-state index in [0.717, 1.165) is 18.4 Å². The van der Waals surface area contributed by atoms with E-state index in [-0.39, 0.29) is 36.8 Å². The molecule has 0 unspecified atom stereocenters. The molecule has 0 fully saturated rings. The van der Waals surface area contributed by atoms with Gasteiger partial charge < -0.3 is 26.4 Å². The lowest BCUT2D eigenvalue weighted by molar-refractivity contribution is -0.125. The van der Waals surface area contributed by atoms with Crippen LogP contribution in [0.15, 0.2) is 30.3 Å². The number of carbonyl (C=O) groups is 2. The van der Waals surface area contributed by atoms with Crippen LogP contribution < -0.4 is 16.4 Å². The SMILES string of the molecule is CC[C@H](C)[C@H](N)C(=O)N[C@@H](Cc1ccccc1)[C@H](O)CN(CCC(C)C)C(=O)NC(C)(C)C.Cl. The Morgan fingerprint density at radius 2 is 1.71 bits per heavy atom. The van der Waals surface area contributed by atoms with Crippen LogP contribution in [0.1, 0.15) is 66.9 Å². The van der Waals surface area contributed by atoms with Crippen LogP contribution in [-0.2, 0) is 11.2 Å². The minimum atomic E-state index is -0.948. The van der Waals surface area contributed by atoms with Crippen molar-refractivity contribution in [1.29, 1.82) is 0 Å². The molecule has 0 aromatic heterocycles. The second kappa shape index (κ2) is 15.2. The number of rotatable bonds is 12. The zero-order chi connectivity index (χ0) is 25.2. The first-order valence-corrected chi connectivity index (χ1v) is 12.2. The third kappa shape index (κ3) is 12.0. The average Bonchev–Trinajstić information content (AvgIpc) is 2.74. The molecule has 1 aromatic carbocycles. The van der Waals surface area contributed by atoms with Crippen molar-refractivity contribution in [3.8, 4) is 0 Å². The summed E-state index contributed by atoms with van der Waals surface area (Å²) in [5, 5.41) is 17.2. The largest absolute Gasteiger partial charge is 0.389 e. The maximum atomic E-state index is 12.9. The van der Waals surface area contributed by atoms with Crippen molar-refractivity contribution >= 4 is 24.3 Å². The topological polar surface area (TPSA) is 108 Å². The van der Waals surface area contributed by atoms with Crippen molar-refractivity contribution < 1.29 is 14.7 Å². The Kier molecular flexibility index (Phi) is 14.4. The second-order valence-corrected chi connectivity index (χ2v) is 10.6. The molecule has 1 aromatic rings. The lowest BCUT2D eigenvalue weighted by atomic mass is 9.96. The van der Waals surface area contributed by atoms with E-state index < -0.39 is 23.7 Å². The molecule has 0 saturated carbocycles. The smallest absolute Gasteiger partial charge is 0.317 e. The quantitative estimate of drug-likeness (QED) is 0.352. The summed E-state index contributed by atoms with van der Waals surface area (Å²) in [7, 11) is 0. The van der Waals surface area contributed by atoms with Gasteiger partial charge in [-0.1, -0.05) is 64.4 Å². The van der Waals surface area contributed by atoms with Gasteiger partial charge in [0.25, 0.3) is 0 Å². The monoisotopic (exact) mass is 498 g/mol. The number of hydrogen-bond donors (Lipinski definition) is 4. The highest BCUT2D eigenvalue weighted by atomic mass is 35.5. The maximum Gasteiger partial charge on any atom is 0.317 e. The van der Waals surface area contributed by atoms with Gasteiger partial charge in [-0.15, -0.1) is 12.4 Å². The number of benzene rings is 1. The molecule has 3 amide bonds. The molecule has 0 aliphatic heterocycles. The van der Waals surface area contributed by atoms with E-state index >= 15 is 0 Å². The third-order valence-electron chi connectivity index (χ3n) is 5.80. The summed E-state index contributed by atoms with van der Waals surface area (Å²) in [5.74, 6) is 0.164. The first kappa shape index (κ1) is 32.2. The van der Waals surface area contributed by atoms with E-state index in [9.17, 15) is 14.7 Å². The molecule has 4 atom stereocenters. The van der Waals surface area contributed by atoms with E-state index in [4.69, 9.17) is 5.73 Å². The first-order chi connectivity index (χ1) is 15.3. The standard InChI is InChI=1S/C26H46N4O3.ClH/c1-8-19(4)23(27)24(32)28-21(16-20-12-10-9-11-13-20)22(31)17-30(15-14-18(2)3)25(33)29-26(5,6)7;/h9-13,18-19,21-23,31H,8,14-17,27H2,1-7H3,(H,28,32)(H,29,33);1H/t19-,21-,22+,23-;/m0./s1. The van der Waals surface area contributed by atoms with Crippen LogP contribution in [0, 0.1) is 11.8 Å². The fourth-order valence-electron chi connectivity index (χ4n) is 3.39. The summed E-state index contributed by atoms with van der Waals surface area (Å²) < 4.78 is 0. The third-order valence-corrected chi connectivity index (χ3v) is 5.80. The second-order valence-electron chi connectivity index (χ2n) is 10.6. The van der Waals surface area contributed by atoms with Crippen LogP contribution in [-0.4, -0.2) is 58.8 Å². The van der Waals surface area contributed by atoms with E-state index in [1.54, 1.807) is 4.90 Å². The van der Waals surface area contributed by atoms with Gasteiger partial charge in [-0.05, 0) is 51.0 Å². The number of aliphatic hydroxyl groups is 1. The Morgan fingerprint density at radius 3 is 2.21 bits per heavy atom. The maximum absolute atomic E-state index is 12.9. The van der Waals surface area contributed by atoms with Crippen molar-refractivity contribution in [3.05, 3.63) is 35.9 Å². The van der Waals surface area contributed by atoms with Crippen molar-refractivity contribution in [2.24, 2.45) is 17.6 Å². The molecule has 7 nitrogen and oxygen atoms in total. The van der Waals surface area contributed by atoms with Gasteiger partial charge in [0.15, 0.2) is 0 Å². The molecule has 1 rings (SSSR count). The van der Waals surface area contributed by atoms with Gasteiger partial charge in [0.2, 0.25) is 5.91 Å². The Hall–Kier alpha value is -1.83. The van der Waals surface area contributed by atoms with Crippen LogP contribution in [0.3, 0.4) is 0 Å². The normalized spacial score (nSPS) is 15.0. The van der Waals surface area contributed by atoms with Gasteiger partial charge in [-0.25, -0.2) is 4.79 Å². The molecule has 8 heteroatoms. The molecule has 0 radical (unpaired) electrons. The van der Waals surface area contributed by atoms with Crippen LogP contribution in [0.5, 0.6) is 0 Å². The van der Waals surface area contributed by atoms with Gasteiger partial charge in [0, 0.05) is 12.1 Å². The highest BCUT2D eigenvalue weighted by molar-refractivity contribution is 5.85. The highest BCUT2D eigenvalue weighted by Gasteiger charge is 2.29. The predicted octanol–water partition coefficient (Wildman–Crippen LogP) is 3.73. The van der Waals surface area contributed by atoms with Crippen molar-refractivity contribution in [2.75, 3.05) is 13.1 Å². The lowest BCUT2D eigenvalue weighted by Crippen LogP contribution is -2.57. The van der Waals surface area contributed by atoms with Gasteiger partial charge >= 0.3 is 6.03 Å². The number of carbonyl (C=O) groups excluding carboxylic acids is 2. The molecule has 0 heterocycles. The van der Waals surface area contributed by atoms with Gasteiger partial charge in [-0.2, -0.15) is 0 Å². The molecular formula is C26H47ClN4O3. The Morgan fingerprint density at radius 1 is 1.12 bits per heavy atom. The number of nitrogens with two attached hydrogens (primary N) is 1. The number of urea groups is 1. The minimum Gasteiger partial charge on any atom is -0.389 e. The number of hydrogen-bond acceptors (Lipinski definition) is 4. The van der Waals surface area contributed by atoms with Gasteiger partial charge in [0.1, 0.15) is 0 Å². The summed E-state index contributed by atoms with van der Waals surface area (Å²) in [6.07, 6.45) is 1.10. The molecule has 0 bridgehead atoms. The van der Waals surface area contributed by atoms with E-state index in [1.807, 2.05) is 65.0 Å². The lowest BCUT2D eigenvalue weighted by Gasteiger charge is -2.33. The van der Waals surface area contributed by atoms with Crippen LogP contribution in [0.25, 0.3) is 0 Å². The molecule has 0 aliphatic carbocycles. The minimum absolute atomic E-state index is 0. The van der Waals surface area contributed by atoms with Crippen LogP contribution in [0.4, 0.5) is 4.79 Å². The van der Waals surface area contributed by atoms with E-state index in [1.165, 1.54) is 0 Å². The van der Waals surface area contributed by atoms with Gasteiger partial charge in [0.05, 0.1) is 24.7 Å². The Labute approximate surface area is 212 Å². The van der Waals surface area contributed by atoms with E-state index in [0.29, 0.717) is 18.9 Å². The summed E-state index contributed by atoms with van der Waals surface area (Å²) >= 11 is 0. The molecular weight excluding hydrogens is 452 g/mol. The van der Waals surface area contributed by atoms with Crippen molar-refractivity contribution in [1.82, 2.24) is 15.5 Å². The number of nitrogens with zero attached hydrogens (tertiary/aromatic N) is 1.